The molecule has 0 heterocycles. The zero-order valence-electron chi connectivity index (χ0n) is 9.23. The second kappa shape index (κ2) is 6.70. The molecule has 1 aromatic carbocycles. The Labute approximate surface area is 113 Å². The summed E-state index contributed by atoms with van der Waals surface area (Å²) >= 11 is 0. The van der Waals surface area contributed by atoms with Crippen LogP contribution < -0.4 is 21.7 Å². The summed E-state index contributed by atoms with van der Waals surface area (Å²) in [7, 11) is 1.70. The summed E-state index contributed by atoms with van der Waals surface area (Å²) in [5.74, 6) is 0.946. The summed E-state index contributed by atoms with van der Waals surface area (Å²) in [6.45, 7) is 6.50. The first-order valence-electron chi connectivity index (χ1n) is 4.10. The molecule has 0 radical (unpaired) electrons. The van der Waals surface area contributed by atoms with Gasteiger partial charge in [-0.15, -0.1) is 11.6 Å². The van der Waals surface area contributed by atoms with Crippen molar-refractivity contribution < 1.29 is 21.7 Å². The SMILES string of the molecule is COc1cc[c-]cc1C(C)(C)C.[Br-].[Mg+2]. The van der Waals surface area contributed by atoms with Crippen LogP contribution in [0.5, 0.6) is 5.75 Å². The Morgan fingerprint density at radius 1 is 1.29 bits per heavy atom. The summed E-state index contributed by atoms with van der Waals surface area (Å²) in [5, 5.41) is 0. The van der Waals surface area contributed by atoms with Crippen molar-refractivity contribution in [2.45, 2.75) is 26.2 Å². The van der Waals surface area contributed by atoms with E-state index in [1.165, 1.54) is 5.56 Å². The van der Waals surface area contributed by atoms with Gasteiger partial charge in [0, 0.05) is 5.75 Å². The molecule has 0 saturated carbocycles. The smallest absolute Gasteiger partial charge is 1.00 e. The first-order valence-corrected chi connectivity index (χ1v) is 4.10. The molecule has 0 atom stereocenters. The Hall–Kier alpha value is 0.266. The molecular formula is C11H15BrMgO. The zero-order chi connectivity index (χ0) is 9.19. The van der Waals surface area contributed by atoms with Crippen molar-refractivity contribution in [2.75, 3.05) is 7.11 Å². The van der Waals surface area contributed by atoms with E-state index in [1.807, 2.05) is 18.2 Å². The Bertz CT molecular complexity index is 268. The fourth-order valence-corrected chi connectivity index (χ4v) is 1.18. The minimum Gasteiger partial charge on any atom is -1.00 e. The third-order valence-corrected chi connectivity index (χ3v) is 1.85. The van der Waals surface area contributed by atoms with Gasteiger partial charge in [-0.3, -0.25) is 0 Å². The quantitative estimate of drug-likeness (QED) is 0.488. The van der Waals surface area contributed by atoms with Gasteiger partial charge in [-0.2, -0.15) is 18.2 Å². The first-order chi connectivity index (χ1) is 5.55. The third-order valence-electron chi connectivity index (χ3n) is 1.85. The molecule has 0 aromatic heterocycles. The van der Waals surface area contributed by atoms with Crippen molar-refractivity contribution in [1.82, 2.24) is 0 Å². The summed E-state index contributed by atoms with van der Waals surface area (Å²) in [5.41, 5.74) is 1.33. The molecule has 0 aliphatic carbocycles. The van der Waals surface area contributed by atoms with Gasteiger partial charge in [-0.05, 0) is 0 Å². The van der Waals surface area contributed by atoms with E-state index in [1.54, 1.807) is 7.11 Å². The van der Waals surface area contributed by atoms with Crippen LogP contribution in [0.2, 0.25) is 0 Å². The molecular weight excluding hydrogens is 252 g/mol. The molecule has 0 aliphatic rings. The summed E-state index contributed by atoms with van der Waals surface area (Å²) in [4.78, 5) is 0. The zero-order valence-corrected chi connectivity index (χ0v) is 12.2. The Morgan fingerprint density at radius 2 is 1.86 bits per heavy atom. The number of methoxy groups -OCH3 is 1. The fraction of sp³-hybridized carbons (Fsp3) is 0.455. The molecule has 1 rings (SSSR count). The molecule has 74 valence electrons. The van der Waals surface area contributed by atoms with Gasteiger partial charge in [0.05, 0.1) is 7.11 Å². The predicted molar refractivity (Wildman–Crippen MR) is 56.3 cm³/mol. The van der Waals surface area contributed by atoms with Crippen molar-refractivity contribution in [1.29, 1.82) is 0 Å². The monoisotopic (exact) mass is 266 g/mol. The van der Waals surface area contributed by atoms with Crippen molar-refractivity contribution >= 4 is 23.1 Å². The van der Waals surface area contributed by atoms with E-state index in [2.05, 4.69) is 26.8 Å². The first kappa shape index (κ1) is 16.7. The van der Waals surface area contributed by atoms with Crippen LogP contribution in [0.25, 0.3) is 0 Å². The number of hydrogen-bond acceptors (Lipinski definition) is 1. The third kappa shape index (κ3) is 4.19. The number of rotatable bonds is 1. The fourth-order valence-electron chi connectivity index (χ4n) is 1.18. The summed E-state index contributed by atoms with van der Waals surface area (Å²) in [6, 6.07) is 8.86. The Kier molecular flexibility index (Phi) is 7.98. The molecule has 0 fully saturated rings. The second-order valence-corrected chi connectivity index (χ2v) is 3.88. The second-order valence-electron chi connectivity index (χ2n) is 3.88. The van der Waals surface area contributed by atoms with Gasteiger partial charge in [0.15, 0.2) is 0 Å². The molecule has 14 heavy (non-hydrogen) atoms. The van der Waals surface area contributed by atoms with Crippen molar-refractivity contribution in [3.63, 3.8) is 0 Å². The summed E-state index contributed by atoms with van der Waals surface area (Å²) in [6.07, 6.45) is 0. The van der Waals surface area contributed by atoms with Gasteiger partial charge < -0.3 is 21.7 Å². The van der Waals surface area contributed by atoms with Crippen LogP contribution in [0, 0.1) is 6.07 Å². The van der Waals surface area contributed by atoms with Gasteiger partial charge in [0.1, 0.15) is 0 Å². The Balaban J connectivity index is 0. The van der Waals surface area contributed by atoms with Crippen LogP contribution in [0.4, 0.5) is 0 Å². The standard InChI is InChI=1S/C11H15O.BrH.Mg/c1-11(2,3)9-7-5-6-8-10(9)12-4;;/h6-8H,1-4H3;1H;/q-1;;+2/p-1. The minimum absolute atomic E-state index is 0. The van der Waals surface area contributed by atoms with Crippen molar-refractivity contribution in [2.24, 2.45) is 0 Å². The molecule has 0 amide bonds. The average molecular weight is 267 g/mol. The minimum atomic E-state index is 0. The summed E-state index contributed by atoms with van der Waals surface area (Å²) < 4.78 is 5.25. The van der Waals surface area contributed by atoms with E-state index in [0.29, 0.717) is 0 Å². The van der Waals surface area contributed by atoms with Crippen LogP contribution >= 0.6 is 0 Å². The molecule has 0 unspecified atom stereocenters. The molecule has 3 heteroatoms. The maximum absolute atomic E-state index is 5.25. The van der Waals surface area contributed by atoms with E-state index >= 15 is 0 Å². The molecule has 1 aromatic rings. The largest absolute Gasteiger partial charge is 2.00 e. The Morgan fingerprint density at radius 3 is 2.21 bits per heavy atom. The van der Waals surface area contributed by atoms with Crippen LogP contribution in [0.3, 0.4) is 0 Å². The maximum atomic E-state index is 5.25. The van der Waals surface area contributed by atoms with Crippen molar-refractivity contribution in [3.05, 3.63) is 29.8 Å². The number of benzene rings is 1. The molecule has 0 aliphatic heterocycles. The van der Waals surface area contributed by atoms with Crippen LogP contribution in [-0.2, 0) is 5.41 Å². The predicted octanol–water partition coefficient (Wildman–Crippen LogP) is -0.584. The van der Waals surface area contributed by atoms with E-state index in [9.17, 15) is 0 Å². The number of ether oxygens (including phenoxy) is 1. The van der Waals surface area contributed by atoms with Crippen LogP contribution in [0.1, 0.15) is 26.3 Å². The number of hydrogen-bond donors (Lipinski definition) is 0. The molecule has 0 bridgehead atoms. The number of halogens is 1. The van der Waals surface area contributed by atoms with Crippen LogP contribution in [-0.4, -0.2) is 30.2 Å². The van der Waals surface area contributed by atoms with E-state index in [-0.39, 0.29) is 45.4 Å². The molecule has 0 N–H and O–H groups in total. The van der Waals surface area contributed by atoms with E-state index in [4.69, 9.17) is 4.74 Å². The molecule has 0 saturated heterocycles. The van der Waals surface area contributed by atoms with Crippen LogP contribution in [0.15, 0.2) is 18.2 Å². The van der Waals surface area contributed by atoms with E-state index < -0.39 is 0 Å². The molecule has 1 nitrogen and oxygen atoms in total. The van der Waals surface area contributed by atoms with Gasteiger partial charge >= 0.3 is 23.1 Å². The van der Waals surface area contributed by atoms with Crippen molar-refractivity contribution in [3.8, 4) is 5.75 Å². The maximum Gasteiger partial charge on any atom is 2.00 e. The average Bonchev–Trinajstić information content (AvgIpc) is 2.03. The van der Waals surface area contributed by atoms with Gasteiger partial charge in [0.25, 0.3) is 0 Å². The van der Waals surface area contributed by atoms with Gasteiger partial charge in [0.2, 0.25) is 0 Å². The molecule has 0 spiro atoms. The van der Waals surface area contributed by atoms with E-state index in [0.717, 1.165) is 5.75 Å². The van der Waals surface area contributed by atoms with Gasteiger partial charge in [-0.25, -0.2) is 0 Å². The van der Waals surface area contributed by atoms with Gasteiger partial charge in [-0.1, -0.05) is 26.2 Å². The normalized spacial score (nSPS) is 9.71. The topological polar surface area (TPSA) is 9.23 Å².